The van der Waals surface area contributed by atoms with E-state index in [0.717, 1.165) is 29.8 Å². The number of ether oxygens (including phenoxy) is 1. The predicted molar refractivity (Wildman–Crippen MR) is 106 cm³/mol. The smallest absolute Gasteiger partial charge is 0.257 e. The summed E-state index contributed by atoms with van der Waals surface area (Å²) in [5.74, 6) is 0.523. The van der Waals surface area contributed by atoms with Crippen molar-refractivity contribution in [2.24, 2.45) is 0 Å². The molecule has 0 bridgehead atoms. The Morgan fingerprint density at radius 1 is 1.04 bits per heavy atom. The second-order valence-electron chi connectivity index (χ2n) is 5.85. The molecule has 0 saturated carbocycles. The van der Waals surface area contributed by atoms with Crippen LogP contribution >= 0.6 is 12.2 Å². The van der Waals surface area contributed by atoms with Gasteiger partial charge < -0.3 is 10.1 Å². The first-order valence-corrected chi connectivity index (χ1v) is 8.91. The molecule has 0 atom stereocenters. The number of thiocarbonyl (C=S) groups is 1. The zero-order valence-corrected chi connectivity index (χ0v) is 15.5. The maximum absolute atomic E-state index is 12.2. The lowest BCUT2D eigenvalue weighted by atomic mass is 10.2. The van der Waals surface area contributed by atoms with E-state index in [2.05, 4.69) is 17.6 Å². The van der Waals surface area contributed by atoms with Gasteiger partial charge in [-0.25, -0.2) is 0 Å². The van der Waals surface area contributed by atoms with E-state index in [1.54, 1.807) is 24.3 Å². The van der Waals surface area contributed by atoms with Gasteiger partial charge in [-0.2, -0.15) is 0 Å². The van der Waals surface area contributed by atoms with Crippen LogP contribution in [-0.2, 0) is 0 Å². The fraction of sp³-hybridized carbons (Fsp3) is 0.300. The molecule has 0 unspecified atom stereocenters. The van der Waals surface area contributed by atoms with Gasteiger partial charge in [-0.3, -0.25) is 10.1 Å². The number of anilines is 1. The quantitative estimate of drug-likeness (QED) is 0.558. The molecule has 0 aliphatic rings. The van der Waals surface area contributed by atoms with Crippen LogP contribution in [0.3, 0.4) is 0 Å². The summed E-state index contributed by atoms with van der Waals surface area (Å²) < 4.78 is 5.64. The average molecular weight is 356 g/mol. The maximum atomic E-state index is 12.2. The van der Waals surface area contributed by atoms with Gasteiger partial charge in [-0.1, -0.05) is 37.5 Å². The molecule has 0 aliphatic heterocycles. The fourth-order valence-corrected chi connectivity index (χ4v) is 2.43. The molecule has 2 aromatic rings. The summed E-state index contributed by atoms with van der Waals surface area (Å²) in [4.78, 5) is 12.2. The number of hydrogen-bond donors (Lipinski definition) is 2. The fourth-order valence-electron chi connectivity index (χ4n) is 2.22. The third-order valence-electron chi connectivity index (χ3n) is 3.67. The highest BCUT2D eigenvalue weighted by Crippen LogP contribution is 2.13. The molecule has 0 heterocycles. The minimum Gasteiger partial charge on any atom is -0.494 e. The van der Waals surface area contributed by atoms with Crippen LogP contribution in [-0.4, -0.2) is 17.6 Å². The lowest BCUT2D eigenvalue weighted by Gasteiger charge is -2.10. The van der Waals surface area contributed by atoms with E-state index in [-0.39, 0.29) is 11.0 Å². The van der Waals surface area contributed by atoms with E-state index in [1.165, 1.54) is 6.42 Å². The molecular weight excluding hydrogens is 332 g/mol. The van der Waals surface area contributed by atoms with Crippen LogP contribution < -0.4 is 15.4 Å². The third-order valence-corrected chi connectivity index (χ3v) is 3.87. The number of benzene rings is 2. The summed E-state index contributed by atoms with van der Waals surface area (Å²) in [6.07, 6.45) is 3.36. The molecule has 25 heavy (non-hydrogen) atoms. The zero-order chi connectivity index (χ0) is 18.1. The van der Waals surface area contributed by atoms with Gasteiger partial charge in [0.2, 0.25) is 0 Å². The molecule has 4 nitrogen and oxygen atoms in total. The number of rotatable bonds is 7. The van der Waals surface area contributed by atoms with Gasteiger partial charge in [0.05, 0.1) is 6.61 Å². The summed E-state index contributed by atoms with van der Waals surface area (Å²) in [7, 11) is 0. The molecule has 132 valence electrons. The number of unbranched alkanes of at least 4 members (excludes halogenated alkanes) is 2. The van der Waals surface area contributed by atoms with E-state index in [9.17, 15) is 4.79 Å². The molecule has 0 aromatic heterocycles. The van der Waals surface area contributed by atoms with Crippen LogP contribution in [0.15, 0.2) is 48.5 Å². The lowest BCUT2D eigenvalue weighted by molar-refractivity contribution is 0.0977. The monoisotopic (exact) mass is 356 g/mol. The van der Waals surface area contributed by atoms with Crippen molar-refractivity contribution < 1.29 is 9.53 Å². The van der Waals surface area contributed by atoms with Crippen molar-refractivity contribution in [3.8, 4) is 5.75 Å². The van der Waals surface area contributed by atoms with Gasteiger partial charge in [0, 0.05) is 11.3 Å². The zero-order valence-electron chi connectivity index (χ0n) is 14.7. The number of aryl methyl sites for hydroxylation is 1. The van der Waals surface area contributed by atoms with Crippen molar-refractivity contribution in [3.63, 3.8) is 0 Å². The Labute approximate surface area is 154 Å². The molecule has 0 radical (unpaired) electrons. The van der Waals surface area contributed by atoms with Crippen LogP contribution in [0, 0.1) is 6.92 Å². The number of hydrogen-bond acceptors (Lipinski definition) is 3. The van der Waals surface area contributed by atoms with Crippen molar-refractivity contribution >= 4 is 28.9 Å². The molecule has 0 saturated heterocycles. The Morgan fingerprint density at radius 3 is 2.36 bits per heavy atom. The van der Waals surface area contributed by atoms with Crippen LogP contribution in [0.25, 0.3) is 0 Å². The van der Waals surface area contributed by atoms with Gasteiger partial charge in [0.1, 0.15) is 5.75 Å². The van der Waals surface area contributed by atoms with Crippen LogP contribution in [0.1, 0.15) is 42.1 Å². The third kappa shape index (κ3) is 6.55. The van der Waals surface area contributed by atoms with Gasteiger partial charge >= 0.3 is 0 Å². The molecule has 0 fully saturated rings. The van der Waals surface area contributed by atoms with Crippen molar-refractivity contribution in [1.29, 1.82) is 0 Å². The number of carbonyl (C=O) groups is 1. The number of carbonyl (C=O) groups excluding carboxylic acids is 1. The molecule has 1 amide bonds. The van der Waals surface area contributed by atoms with E-state index < -0.39 is 0 Å². The standard InChI is InChI=1S/C20H24N2O2S/c1-3-4-5-14-24-18-12-8-16(9-13-18)19(23)22-20(25)21-17-10-6-15(2)7-11-17/h6-13H,3-5,14H2,1-2H3,(H2,21,22,23,25). The molecule has 2 N–H and O–H groups in total. The van der Waals surface area contributed by atoms with Crippen molar-refractivity contribution in [2.75, 3.05) is 11.9 Å². The highest BCUT2D eigenvalue weighted by molar-refractivity contribution is 7.80. The van der Waals surface area contributed by atoms with Crippen molar-refractivity contribution in [3.05, 3.63) is 59.7 Å². The lowest BCUT2D eigenvalue weighted by Crippen LogP contribution is -2.34. The average Bonchev–Trinajstić information content (AvgIpc) is 2.61. The maximum Gasteiger partial charge on any atom is 0.257 e. The van der Waals surface area contributed by atoms with Crippen LogP contribution in [0.4, 0.5) is 5.69 Å². The van der Waals surface area contributed by atoms with E-state index in [0.29, 0.717) is 12.2 Å². The molecule has 0 aliphatic carbocycles. The molecule has 0 spiro atoms. The van der Waals surface area contributed by atoms with E-state index in [1.807, 2.05) is 31.2 Å². The van der Waals surface area contributed by atoms with Gasteiger partial charge in [-0.15, -0.1) is 0 Å². The summed E-state index contributed by atoms with van der Waals surface area (Å²) in [6, 6.07) is 14.9. The Hall–Kier alpha value is -2.40. The second kappa shape index (κ2) is 9.79. The van der Waals surface area contributed by atoms with Crippen LogP contribution in [0.5, 0.6) is 5.75 Å². The highest BCUT2D eigenvalue weighted by atomic mass is 32.1. The molecule has 5 heteroatoms. The molecular formula is C20H24N2O2S. The Kier molecular flexibility index (Phi) is 7.41. The van der Waals surface area contributed by atoms with E-state index in [4.69, 9.17) is 17.0 Å². The normalized spacial score (nSPS) is 10.2. The Morgan fingerprint density at radius 2 is 1.72 bits per heavy atom. The summed E-state index contributed by atoms with van der Waals surface area (Å²) in [5.41, 5.74) is 2.54. The highest BCUT2D eigenvalue weighted by Gasteiger charge is 2.08. The molecule has 2 aromatic carbocycles. The topological polar surface area (TPSA) is 50.4 Å². The predicted octanol–water partition coefficient (Wildman–Crippen LogP) is 4.69. The largest absolute Gasteiger partial charge is 0.494 e. The first-order valence-electron chi connectivity index (χ1n) is 8.50. The number of amides is 1. The SMILES string of the molecule is CCCCCOc1ccc(C(=O)NC(=S)Nc2ccc(C)cc2)cc1. The van der Waals surface area contributed by atoms with Crippen LogP contribution in [0.2, 0.25) is 0 Å². The Balaban J connectivity index is 1.83. The molecule has 2 rings (SSSR count). The first kappa shape index (κ1) is 18.9. The minimum atomic E-state index is -0.248. The van der Waals surface area contributed by atoms with Crippen molar-refractivity contribution in [1.82, 2.24) is 5.32 Å². The van der Waals surface area contributed by atoms with Gasteiger partial charge in [0.15, 0.2) is 5.11 Å². The summed E-state index contributed by atoms with van der Waals surface area (Å²) in [5, 5.41) is 5.95. The summed E-state index contributed by atoms with van der Waals surface area (Å²) >= 11 is 5.19. The van der Waals surface area contributed by atoms with Gasteiger partial charge in [-0.05, 0) is 62.0 Å². The van der Waals surface area contributed by atoms with E-state index >= 15 is 0 Å². The van der Waals surface area contributed by atoms with Gasteiger partial charge in [0.25, 0.3) is 5.91 Å². The Bertz CT molecular complexity index is 697. The second-order valence-corrected chi connectivity index (χ2v) is 6.26. The first-order chi connectivity index (χ1) is 12.1. The summed E-state index contributed by atoms with van der Waals surface area (Å²) in [6.45, 7) is 4.87. The number of nitrogens with one attached hydrogen (secondary N) is 2. The minimum absolute atomic E-state index is 0.248. The van der Waals surface area contributed by atoms with Crippen molar-refractivity contribution in [2.45, 2.75) is 33.1 Å².